The molecule has 1 amide bonds. The van der Waals surface area contributed by atoms with Crippen LogP contribution in [0.5, 0.6) is 0 Å². The van der Waals surface area contributed by atoms with Gasteiger partial charge in [-0.3, -0.25) is 19.6 Å². The standard InChI is InChI=1S/C17H13FN4O3/c18-14-5-1-12(2-6-14)11-21-10-9-16(20-21)19-17(23)13-3-7-15(8-4-13)22(24)25/h1-10H,11H2,(H,19,20,23). The predicted octanol–water partition coefficient (Wildman–Crippen LogP) is 3.23. The fourth-order valence-electron chi connectivity index (χ4n) is 2.22. The number of non-ortho nitro benzene ring substituents is 1. The van der Waals surface area contributed by atoms with Gasteiger partial charge in [0.25, 0.3) is 11.6 Å². The molecule has 0 radical (unpaired) electrons. The van der Waals surface area contributed by atoms with E-state index in [0.29, 0.717) is 17.9 Å². The number of amides is 1. The smallest absolute Gasteiger partial charge is 0.269 e. The van der Waals surface area contributed by atoms with Gasteiger partial charge >= 0.3 is 0 Å². The molecule has 3 aromatic rings. The first-order valence-electron chi connectivity index (χ1n) is 7.35. The van der Waals surface area contributed by atoms with Crippen LogP contribution in [0.15, 0.2) is 60.8 Å². The van der Waals surface area contributed by atoms with Crippen LogP contribution in [-0.2, 0) is 6.54 Å². The van der Waals surface area contributed by atoms with E-state index in [1.165, 1.54) is 36.4 Å². The van der Waals surface area contributed by atoms with Crippen molar-refractivity contribution in [2.45, 2.75) is 6.54 Å². The van der Waals surface area contributed by atoms with Gasteiger partial charge in [0.1, 0.15) is 5.82 Å². The van der Waals surface area contributed by atoms with E-state index >= 15 is 0 Å². The fraction of sp³-hybridized carbons (Fsp3) is 0.0588. The van der Waals surface area contributed by atoms with Crippen molar-refractivity contribution in [3.05, 3.63) is 87.9 Å². The topological polar surface area (TPSA) is 90.1 Å². The Morgan fingerprint density at radius 2 is 1.80 bits per heavy atom. The Morgan fingerprint density at radius 3 is 2.44 bits per heavy atom. The zero-order chi connectivity index (χ0) is 17.8. The Morgan fingerprint density at radius 1 is 1.12 bits per heavy atom. The van der Waals surface area contributed by atoms with Crippen LogP contribution < -0.4 is 5.32 Å². The molecule has 0 aliphatic rings. The number of anilines is 1. The third-order valence-corrected chi connectivity index (χ3v) is 3.48. The van der Waals surface area contributed by atoms with E-state index in [4.69, 9.17) is 0 Å². The predicted molar refractivity (Wildman–Crippen MR) is 88.8 cm³/mol. The number of rotatable bonds is 5. The molecule has 0 spiro atoms. The summed E-state index contributed by atoms with van der Waals surface area (Å²) in [6.45, 7) is 0.438. The highest BCUT2D eigenvalue weighted by Crippen LogP contribution is 2.14. The first-order chi connectivity index (χ1) is 12.0. The molecule has 3 rings (SSSR count). The van der Waals surface area contributed by atoms with Crippen LogP contribution in [0.25, 0.3) is 0 Å². The number of benzene rings is 2. The first-order valence-corrected chi connectivity index (χ1v) is 7.35. The molecular weight excluding hydrogens is 327 g/mol. The minimum absolute atomic E-state index is 0.0832. The molecule has 0 saturated carbocycles. The lowest BCUT2D eigenvalue weighted by atomic mass is 10.2. The maximum atomic E-state index is 12.9. The van der Waals surface area contributed by atoms with E-state index in [0.717, 1.165) is 5.56 Å². The van der Waals surface area contributed by atoms with E-state index in [2.05, 4.69) is 10.4 Å². The van der Waals surface area contributed by atoms with Crippen molar-refractivity contribution in [1.29, 1.82) is 0 Å². The Kier molecular flexibility index (Phi) is 4.51. The Balaban J connectivity index is 1.65. The first kappa shape index (κ1) is 16.3. The molecule has 1 N–H and O–H groups in total. The summed E-state index contributed by atoms with van der Waals surface area (Å²) in [7, 11) is 0. The molecule has 0 bridgehead atoms. The van der Waals surface area contributed by atoms with Gasteiger partial charge in [-0.05, 0) is 29.8 Å². The Hall–Kier alpha value is -3.55. The SMILES string of the molecule is O=C(Nc1ccn(Cc2ccc(F)cc2)n1)c1ccc([N+](=O)[O-])cc1. The second kappa shape index (κ2) is 6.91. The van der Waals surface area contributed by atoms with Gasteiger partial charge in [0.15, 0.2) is 5.82 Å². The number of nitro groups is 1. The number of carbonyl (C=O) groups is 1. The van der Waals surface area contributed by atoms with Crippen LogP contribution in [0.1, 0.15) is 15.9 Å². The van der Waals surface area contributed by atoms with Crippen LogP contribution in [0, 0.1) is 15.9 Å². The number of nitrogens with zero attached hydrogens (tertiary/aromatic N) is 3. The lowest BCUT2D eigenvalue weighted by molar-refractivity contribution is -0.384. The van der Waals surface area contributed by atoms with Crippen LogP contribution in [0.3, 0.4) is 0 Å². The van der Waals surface area contributed by atoms with Gasteiger partial charge in [-0.2, -0.15) is 5.10 Å². The van der Waals surface area contributed by atoms with Gasteiger partial charge in [-0.25, -0.2) is 4.39 Å². The normalized spacial score (nSPS) is 10.4. The summed E-state index contributed by atoms with van der Waals surface area (Å²) in [6, 6.07) is 13.0. The maximum absolute atomic E-state index is 12.9. The molecule has 126 valence electrons. The number of halogens is 1. The highest BCUT2D eigenvalue weighted by atomic mass is 19.1. The van der Waals surface area contributed by atoms with E-state index in [1.54, 1.807) is 29.1 Å². The van der Waals surface area contributed by atoms with Crippen LogP contribution in [0.4, 0.5) is 15.9 Å². The maximum Gasteiger partial charge on any atom is 0.269 e. The van der Waals surface area contributed by atoms with Gasteiger partial charge in [-0.15, -0.1) is 0 Å². The highest BCUT2D eigenvalue weighted by Gasteiger charge is 2.11. The van der Waals surface area contributed by atoms with Gasteiger partial charge in [-0.1, -0.05) is 12.1 Å². The summed E-state index contributed by atoms with van der Waals surface area (Å²) in [5, 5.41) is 17.5. The van der Waals surface area contributed by atoms with Gasteiger partial charge < -0.3 is 5.32 Å². The second-order valence-corrected chi connectivity index (χ2v) is 5.28. The largest absolute Gasteiger partial charge is 0.305 e. The molecule has 0 fully saturated rings. The third kappa shape index (κ3) is 4.05. The van der Waals surface area contributed by atoms with E-state index in [1.807, 2.05) is 0 Å². The summed E-state index contributed by atoms with van der Waals surface area (Å²) in [5.74, 6) is -0.368. The molecule has 1 heterocycles. The minimum Gasteiger partial charge on any atom is -0.305 e. The summed E-state index contributed by atoms with van der Waals surface area (Å²) in [4.78, 5) is 22.2. The van der Waals surface area contributed by atoms with Crippen LogP contribution in [0.2, 0.25) is 0 Å². The van der Waals surface area contributed by atoms with Gasteiger partial charge in [0.2, 0.25) is 0 Å². The minimum atomic E-state index is -0.529. The van der Waals surface area contributed by atoms with Crippen LogP contribution in [-0.4, -0.2) is 20.6 Å². The zero-order valence-corrected chi connectivity index (χ0v) is 12.9. The van der Waals surface area contributed by atoms with Gasteiger partial charge in [0.05, 0.1) is 11.5 Å². The number of nitrogens with one attached hydrogen (secondary N) is 1. The van der Waals surface area contributed by atoms with E-state index < -0.39 is 10.8 Å². The molecule has 0 unspecified atom stereocenters. The van der Waals surface area contributed by atoms with Crippen molar-refractivity contribution in [3.63, 3.8) is 0 Å². The zero-order valence-electron chi connectivity index (χ0n) is 12.9. The number of hydrogen-bond donors (Lipinski definition) is 1. The van der Waals surface area contributed by atoms with E-state index in [9.17, 15) is 19.3 Å². The number of carbonyl (C=O) groups excluding carboxylic acids is 1. The second-order valence-electron chi connectivity index (χ2n) is 5.28. The quantitative estimate of drug-likeness (QED) is 0.570. The Labute approximate surface area is 141 Å². The summed E-state index contributed by atoms with van der Waals surface area (Å²) < 4.78 is 14.5. The monoisotopic (exact) mass is 340 g/mol. The molecule has 2 aromatic carbocycles. The van der Waals surface area contributed by atoms with Gasteiger partial charge in [0, 0.05) is 30.0 Å². The molecular formula is C17H13FN4O3. The number of nitro benzene ring substituents is 1. The Bertz CT molecular complexity index is 904. The van der Waals surface area contributed by atoms with Crippen molar-refractivity contribution in [1.82, 2.24) is 9.78 Å². The third-order valence-electron chi connectivity index (χ3n) is 3.48. The van der Waals surface area contributed by atoms with E-state index in [-0.39, 0.29) is 11.5 Å². The summed E-state index contributed by atoms with van der Waals surface area (Å²) >= 11 is 0. The number of aromatic nitrogens is 2. The summed E-state index contributed by atoms with van der Waals surface area (Å²) in [5.41, 5.74) is 1.08. The average Bonchev–Trinajstić information content (AvgIpc) is 3.04. The molecule has 1 aromatic heterocycles. The lowest BCUT2D eigenvalue weighted by Crippen LogP contribution is -2.12. The molecule has 25 heavy (non-hydrogen) atoms. The van der Waals surface area contributed by atoms with Crippen molar-refractivity contribution >= 4 is 17.4 Å². The fourth-order valence-corrected chi connectivity index (χ4v) is 2.22. The molecule has 0 aliphatic carbocycles. The molecule has 0 saturated heterocycles. The van der Waals surface area contributed by atoms with Crippen molar-refractivity contribution in [3.8, 4) is 0 Å². The molecule has 0 aliphatic heterocycles. The molecule has 7 nitrogen and oxygen atoms in total. The van der Waals surface area contributed by atoms with Crippen molar-refractivity contribution in [2.75, 3.05) is 5.32 Å². The molecule has 8 heteroatoms. The van der Waals surface area contributed by atoms with Crippen molar-refractivity contribution < 1.29 is 14.1 Å². The summed E-state index contributed by atoms with van der Waals surface area (Å²) in [6.07, 6.45) is 1.69. The molecule has 0 atom stereocenters. The van der Waals surface area contributed by atoms with Crippen LogP contribution >= 0.6 is 0 Å². The number of hydrogen-bond acceptors (Lipinski definition) is 4. The van der Waals surface area contributed by atoms with Crippen molar-refractivity contribution in [2.24, 2.45) is 0 Å². The average molecular weight is 340 g/mol. The highest BCUT2D eigenvalue weighted by molar-refractivity contribution is 6.03. The lowest BCUT2D eigenvalue weighted by Gasteiger charge is -2.03.